The highest BCUT2D eigenvalue weighted by Crippen LogP contribution is 2.62. The third-order valence-corrected chi connectivity index (χ3v) is 8.64. The van der Waals surface area contributed by atoms with Crippen LogP contribution in [0.5, 0.6) is 11.5 Å². The van der Waals surface area contributed by atoms with Gasteiger partial charge in [0, 0.05) is 5.56 Å². The minimum absolute atomic E-state index is 0.00828. The lowest BCUT2D eigenvalue weighted by atomic mass is 9.48. The van der Waals surface area contributed by atoms with Crippen molar-refractivity contribution in [1.29, 1.82) is 0 Å². The van der Waals surface area contributed by atoms with Crippen LogP contribution in [0, 0.1) is 17.8 Å². The molecule has 0 radical (unpaired) electrons. The van der Waals surface area contributed by atoms with E-state index in [1.165, 1.54) is 31.4 Å². The topological polar surface area (TPSA) is 91.3 Å². The molecule has 196 valence electrons. The number of rotatable bonds is 7. The van der Waals surface area contributed by atoms with Crippen molar-refractivity contribution in [3.63, 3.8) is 0 Å². The Balaban J connectivity index is 1.31. The lowest BCUT2D eigenvalue weighted by Crippen LogP contribution is -2.48. The Kier molecular flexibility index (Phi) is 6.03. The number of benzene rings is 2. The largest absolute Gasteiger partial charge is 0.490 e. The van der Waals surface area contributed by atoms with Crippen LogP contribution in [0.3, 0.4) is 0 Å². The second kappa shape index (κ2) is 9.14. The molecule has 1 N–H and O–H groups in total. The van der Waals surface area contributed by atoms with Crippen molar-refractivity contribution in [2.75, 3.05) is 13.2 Å². The number of carboxylic acids is 1. The van der Waals surface area contributed by atoms with E-state index < -0.39 is 17.7 Å². The molecular weight excluding hydrogens is 472 g/mol. The summed E-state index contributed by atoms with van der Waals surface area (Å²) in [5.74, 6) is 0.688. The molecule has 37 heavy (non-hydrogen) atoms. The lowest BCUT2D eigenvalue weighted by Gasteiger charge is -2.57. The summed E-state index contributed by atoms with van der Waals surface area (Å²) in [5, 5.41) is 9.48. The zero-order valence-electron chi connectivity index (χ0n) is 21.4. The van der Waals surface area contributed by atoms with Crippen molar-refractivity contribution in [3.05, 3.63) is 59.2 Å². The molecule has 1 saturated heterocycles. The summed E-state index contributed by atoms with van der Waals surface area (Å²) in [6, 6.07) is 11.7. The van der Waals surface area contributed by atoms with Crippen LogP contribution in [0.2, 0.25) is 0 Å². The molecule has 7 nitrogen and oxygen atoms in total. The number of carbonyl (C=O) groups is 2. The first-order valence-electron chi connectivity index (χ1n) is 13.3. The smallest absolute Gasteiger partial charge is 0.343 e. The van der Waals surface area contributed by atoms with Crippen molar-refractivity contribution in [1.82, 2.24) is 0 Å². The van der Waals surface area contributed by atoms with Crippen LogP contribution in [0.4, 0.5) is 0 Å². The van der Waals surface area contributed by atoms with Crippen molar-refractivity contribution in [2.24, 2.45) is 17.8 Å². The molecule has 7 heteroatoms. The molecule has 0 amide bonds. The summed E-state index contributed by atoms with van der Waals surface area (Å²) < 4.78 is 23.6. The lowest BCUT2D eigenvalue weighted by molar-refractivity contribution is -0.141. The van der Waals surface area contributed by atoms with E-state index in [1.807, 2.05) is 26.0 Å². The summed E-state index contributed by atoms with van der Waals surface area (Å²) >= 11 is 0. The van der Waals surface area contributed by atoms with E-state index in [0.29, 0.717) is 18.8 Å². The molecule has 5 fully saturated rings. The van der Waals surface area contributed by atoms with Gasteiger partial charge in [-0.2, -0.15) is 0 Å². The first-order chi connectivity index (χ1) is 17.7. The first-order valence-corrected chi connectivity index (χ1v) is 13.3. The molecule has 0 spiro atoms. The molecule has 1 atom stereocenters. The molecule has 7 rings (SSSR count). The van der Waals surface area contributed by atoms with E-state index >= 15 is 0 Å². The third kappa shape index (κ3) is 4.75. The van der Waals surface area contributed by atoms with Crippen LogP contribution in [-0.4, -0.2) is 42.1 Å². The van der Waals surface area contributed by atoms with Gasteiger partial charge in [0.25, 0.3) is 0 Å². The Morgan fingerprint density at radius 2 is 1.65 bits per heavy atom. The van der Waals surface area contributed by atoms with Crippen LogP contribution in [0.25, 0.3) is 0 Å². The van der Waals surface area contributed by atoms with Gasteiger partial charge in [0.05, 0.1) is 12.2 Å². The molecule has 4 bridgehead atoms. The molecule has 0 aromatic heterocycles. The van der Waals surface area contributed by atoms with Crippen molar-refractivity contribution in [3.8, 4) is 11.5 Å². The predicted molar refractivity (Wildman–Crippen MR) is 135 cm³/mol. The van der Waals surface area contributed by atoms with Gasteiger partial charge < -0.3 is 24.1 Å². The normalized spacial score (nSPS) is 31.3. The number of hydrogen-bond acceptors (Lipinski definition) is 6. The number of aromatic carboxylic acids is 1. The Labute approximate surface area is 217 Å². The number of para-hydroxylation sites is 1. The zero-order chi connectivity index (χ0) is 25.8. The summed E-state index contributed by atoms with van der Waals surface area (Å²) in [6.45, 7) is 4.65. The number of hydrogen-bond donors (Lipinski definition) is 1. The maximum absolute atomic E-state index is 13.2. The van der Waals surface area contributed by atoms with Gasteiger partial charge in [-0.3, -0.25) is 0 Å². The molecular formula is C30H34O7. The van der Waals surface area contributed by atoms with Crippen molar-refractivity contribution in [2.45, 2.75) is 69.7 Å². The highest BCUT2D eigenvalue weighted by molar-refractivity contribution is 5.95. The van der Waals surface area contributed by atoms with Gasteiger partial charge in [-0.1, -0.05) is 12.1 Å². The summed E-state index contributed by atoms with van der Waals surface area (Å²) in [4.78, 5) is 24.8. The summed E-state index contributed by atoms with van der Waals surface area (Å²) in [7, 11) is 0. The third-order valence-electron chi connectivity index (χ3n) is 8.64. The molecule has 1 unspecified atom stereocenters. The molecule has 1 heterocycles. The number of esters is 1. The maximum Gasteiger partial charge on any atom is 0.343 e. The maximum atomic E-state index is 13.2. The average Bonchev–Trinajstić information content (AvgIpc) is 3.20. The average molecular weight is 507 g/mol. The van der Waals surface area contributed by atoms with E-state index in [1.54, 1.807) is 18.2 Å². The SMILES string of the molecule is CC1(C)OCC(COc2ccc(C(=O)Oc3ccccc3C(=O)O)cc2C23CC4CC(CC(C4)C2)C3)O1. The monoisotopic (exact) mass is 506 g/mol. The molecule has 4 saturated carbocycles. The fraction of sp³-hybridized carbons (Fsp3) is 0.533. The van der Waals surface area contributed by atoms with Crippen LogP contribution in [-0.2, 0) is 14.9 Å². The Bertz CT molecular complexity index is 1180. The predicted octanol–water partition coefficient (Wildman–Crippen LogP) is 5.60. The minimum Gasteiger partial charge on any atom is -0.490 e. The highest BCUT2D eigenvalue weighted by atomic mass is 16.7. The van der Waals surface area contributed by atoms with Crippen LogP contribution < -0.4 is 9.47 Å². The Morgan fingerprint density at radius 1 is 0.973 bits per heavy atom. The van der Waals surface area contributed by atoms with E-state index in [4.69, 9.17) is 18.9 Å². The Morgan fingerprint density at radius 3 is 2.27 bits per heavy atom. The summed E-state index contributed by atoms with van der Waals surface area (Å²) in [5.41, 5.74) is 1.43. The number of carboxylic acid groups (broad SMARTS) is 1. The number of carbonyl (C=O) groups excluding carboxylic acids is 1. The summed E-state index contributed by atoms with van der Waals surface area (Å²) in [6.07, 6.45) is 7.13. The fourth-order valence-corrected chi connectivity index (χ4v) is 7.56. The number of ether oxygens (including phenoxy) is 4. The van der Waals surface area contributed by atoms with Gasteiger partial charge in [-0.15, -0.1) is 0 Å². The molecule has 5 aliphatic rings. The van der Waals surface area contributed by atoms with Gasteiger partial charge in [0.15, 0.2) is 5.79 Å². The zero-order valence-corrected chi connectivity index (χ0v) is 21.4. The molecule has 2 aromatic carbocycles. The van der Waals surface area contributed by atoms with Gasteiger partial charge in [-0.05, 0) is 106 Å². The van der Waals surface area contributed by atoms with E-state index in [2.05, 4.69) is 0 Å². The van der Waals surface area contributed by atoms with E-state index in [-0.39, 0.29) is 22.8 Å². The first kappa shape index (κ1) is 24.4. The minimum atomic E-state index is -1.14. The second-order valence-electron chi connectivity index (χ2n) is 11.9. The van der Waals surface area contributed by atoms with Gasteiger partial charge >= 0.3 is 11.9 Å². The van der Waals surface area contributed by atoms with E-state index in [0.717, 1.165) is 48.3 Å². The fourth-order valence-electron chi connectivity index (χ4n) is 7.56. The van der Waals surface area contributed by atoms with Crippen LogP contribution in [0.15, 0.2) is 42.5 Å². The van der Waals surface area contributed by atoms with Crippen LogP contribution in [0.1, 0.15) is 78.7 Å². The van der Waals surface area contributed by atoms with Gasteiger partial charge in [-0.25, -0.2) is 9.59 Å². The molecule has 1 aliphatic heterocycles. The standard InChI is InChI=1S/C30H34O7/c1-29(2)35-17-22(37-29)16-34-26-8-7-21(28(33)36-25-6-4-3-5-23(25)27(31)32)12-24(26)30-13-18-9-19(14-30)11-20(10-18)15-30/h3-8,12,18-20,22H,9-11,13-17H2,1-2H3,(H,31,32). The highest BCUT2D eigenvalue weighted by Gasteiger charge is 2.52. The quantitative estimate of drug-likeness (QED) is 0.386. The van der Waals surface area contributed by atoms with Gasteiger partial charge in [0.1, 0.15) is 29.8 Å². The van der Waals surface area contributed by atoms with Crippen molar-refractivity contribution >= 4 is 11.9 Å². The second-order valence-corrected chi connectivity index (χ2v) is 11.9. The van der Waals surface area contributed by atoms with Crippen LogP contribution >= 0.6 is 0 Å². The van der Waals surface area contributed by atoms with Crippen molar-refractivity contribution < 1.29 is 33.6 Å². The van der Waals surface area contributed by atoms with Gasteiger partial charge in [0.2, 0.25) is 0 Å². The Hall–Kier alpha value is -2.90. The van der Waals surface area contributed by atoms with E-state index in [9.17, 15) is 14.7 Å². The molecule has 2 aromatic rings. The molecule has 4 aliphatic carbocycles.